The summed E-state index contributed by atoms with van der Waals surface area (Å²) in [5, 5.41) is 0.690. The Morgan fingerprint density at radius 3 is 2.50 bits per heavy atom. The lowest BCUT2D eigenvalue weighted by Gasteiger charge is -2.23. The molecule has 88 valence electrons. The summed E-state index contributed by atoms with van der Waals surface area (Å²) < 4.78 is 0.184. The van der Waals surface area contributed by atoms with Gasteiger partial charge >= 0.3 is 5.69 Å². The largest absolute Gasteiger partial charge is 0.326 e. The number of aromatic amines is 2. The van der Waals surface area contributed by atoms with E-state index >= 15 is 0 Å². The molecule has 1 unspecified atom stereocenters. The Balaban J connectivity index is 2.31. The molecule has 0 bridgehead atoms. The molecular weight excluding hydrogens is 246 g/mol. The van der Waals surface area contributed by atoms with E-state index in [1.54, 1.807) is 0 Å². The maximum absolute atomic E-state index is 11.5. The van der Waals surface area contributed by atoms with Gasteiger partial charge in [-0.1, -0.05) is 37.4 Å². The first kappa shape index (κ1) is 11.8. The van der Waals surface area contributed by atoms with Crippen LogP contribution in [0.3, 0.4) is 0 Å². The first-order valence-corrected chi connectivity index (χ1v) is 6.85. The summed E-state index contributed by atoms with van der Waals surface area (Å²) in [5.41, 5.74) is -0.719. The third kappa shape index (κ3) is 2.07. The van der Waals surface area contributed by atoms with Crippen molar-refractivity contribution in [1.82, 2.24) is 14.9 Å². The average molecular weight is 259 g/mol. The second-order valence-corrected chi connectivity index (χ2v) is 5.81. The molecule has 0 saturated carbocycles. The van der Waals surface area contributed by atoms with Crippen LogP contribution in [0, 0.1) is 0 Å². The molecule has 7 heteroatoms. The van der Waals surface area contributed by atoms with E-state index in [0.717, 1.165) is 13.1 Å². The molecule has 0 spiro atoms. The van der Waals surface area contributed by atoms with Gasteiger partial charge in [0.05, 0.1) is 5.03 Å². The zero-order valence-electron chi connectivity index (χ0n) is 9.07. The molecule has 1 aliphatic heterocycles. The molecule has 0 fully saturated rings. The summed E-state index contributed by atoms with van der Waals surface area (Å²) in [6, 6.07) is 0. The van der Waals surface area contributed by atoms with Gasteiger partial charge in [0, 0.05) is 0 Å². The molecule has 1 atom stereocenters. The lowest BCUT2D eigenvalue weighted by molar-refractivity contribution is 0.340. The first-order valence-electron chi connectivity index (χ1n) is 5.09. The van der Waals surface area contributed by atoms with Crippen molar-refractivity contribution in [2.75, 3.05) is 13.1 Å². The summed E-state index contributed by atoms with van der Waals surface area (Å²) >= 11 is 3.04. The van der Waals surface area contributed by atoms with Crippen molar-refractivity contribution >= 4 is 23.5 Å². The normalized spacial score (nSPS) is 19.1. The molecular formula is C9H13N3O2S2. The molecule has 1 aromatic heterocycles. The molecule has 0 saturated heterocycles. The third-order valence-electron chi connectivity index (χ3n) is 2.41. The van der Waals surface area contributed by atoms with E-state index in [2.05, 4.69) is 28.7 Å². The summed E-state index contributed by atoms with van der Waals surface area (Å²) in [5.74, 6) is 0. The fraction of sp³-hybridized carbons (Fsp3) is 0.556. The van der Waals surface area contributed by atoms with Crippen molar-refractivity contribution in [3.8, 4) is 0 Å². The number of thioether (sulfide) groups is 2. The van der Waals surface area contributed by atoms with Crippen molar-refractivity contribution in [1.29, 1.82) is 0 Å². The summed E-state index contributed by atoms with van der Waals surface area (Å²) in [7, 11) is 0. The zero-order valence-corrected chi connectivity index (χ0v) is 10.7. The van der Waals surface area contributed by atoms with Crippen LogP contribution in [0.1, 0.15) is 13.8 Å². The smallest absolute Gasteiger partial charge is 0.301 e. The number of hydrogen-bond donors (Lipinski definition) is 2. The monoisotopic (exact) mass is 259 g/mol. The second kappa shape index (κ2) is 4.68. The van der Waals surface area contributed by atoms with Gasteiger partial charge in [0.2, 0.25) is 0 Å². The van der Waals surface area contributed by atoms with Crippen LogP contribution in [0.15, 0.2) is 19.5 Å². The number of H-pyrrole nitrogens is 2. The summed E-state index contributed by atoms with van der Waals surface area (Å²) in [6.45, 7) is 6.02. The maximum atomic E-state index is 11.5. The van der Waals surface area contributed by atoms with Gasteiger partial charge in [0.15, 0.2) is 0 Å². The van der Waals surface area contributed by atoms with Gasteiger partial charge in [-0.3, -0.25) is 14.7 Å². The van der Waals surface area contributed by atoms with Crippen LogP contribution in [0.5, 0.6) is 0 Å². The molecule has 2 N–H and O–H groups in total. The van der Waals surface area contributed by atoms with E-state index in [0.29, 0.717) is 9.92 Å². The highest BCUT2D eigenvalue weighted by atomic mass is 32.2. The van der Waals surface area contributed by atoms with Crippen molar-refractivity contribution in [2.24, 2.45) is 0 Å². The highest BCUT2D eigenvalue weighted by Gasteiger charge is 2.30. The van der Waals surface area contributed by atoms with Crippen molar-refractivity contribution in [3.63, 3.8) is 0 Å². The SMILES string of the molecule is CCN(CC)C1Sc2[nH]c(=O)[nH]c(=O)c2S1. The lowest BCUT2D eigenvalue weighted by Crippen LogP contribution is -2.28. The maximum Gasteiger partial charge on any atom is 0.326 e. The Kier molecular flexibility index (Phi) is 3.46. The molecule has 0 aromatic carbocycles. The van der Waals surface area contributed by atoms with Gasteiger partial charge in [-0.2, -0.15) is 0 Å². The molecule has 2 heterocycles. The molecule has 16 heavy (non-hydrogen) atoms. The fourth-order valence-electron chi connectivity index (χ4n) is 1.54. The summed E-state index contributed by atoms with van der Waals surface area (Å²) in [6.07, 6.45) is 0. The highest BCUT2D eigenvalue weighted by Crippen LogP contribution is 2.45. The molecule has 2 rings (SSSR count). The van der Waals surface area contributed by atoms with Crippen LogP contribution in [0.4, 0.5) is 0 Å². The van der Waals surface area contributed by atoms with E-state index in [-0.39, 0.29) is 10.3 Å². The van der Waals surface area contributed by atoms with Crippen LogP contribution < -0.4 is 11.2 Å². The quantitative estimate of drug-likeness (QED) is 0.789. The van der Waals surface area contributed by atoms with Crippen LogP contribution in [-0.4, -0.2) is 32.7 Å². The number of nitrogens with zero attached hydrogens (tertiary/aromatic N) is 1. The van der Waals surface area contributed by atoms with Crippen molar-refractivity contribution in [2.45, 2.75) is 28.5 Å². The fourth-order valence-corrected chi connectivity index (χ4v) is 4.56. The van der Waals surface area contributed by atoms with Gasteiger partial charge < -0.3 is 4.98 Å². The second-order valence-electron chi connectivity index (χ2n) is 3.33. The van der Waals surface area contributed by atoms with Gasteiger partial charge in [-0.05, 0) is 13.1 Å². The van der Waals surface area contributed by atoms with Gasteiger partial charge in [-0.15, -0.1) is 0 Å². The summed E-state index contributed by atoms with van der Waals surface area (Å²) in [4.78, 5) is 30.4. The third-order valence-corrected chi connectivity index (χ3v) is 5.29. The predicted octanol–water partition coefficient (Wildman–Crippen LogP) is 0.886. The van der Waals surface area contributed by atoms with E-state index < -0.39 is 5.69 Å². The standard InChI is InChI=1S/C9H13N3O2S2/c1-3-12(4-2)9-15-5-6(13)10-8(14)11-7(5)16-9/h9H,3-4H2,1-2H3,(H2,10,11,13,14). The van der Waals surface area contributed by atoms with Crippen molar-refractivity contribution < 1.29 is 0 Å². The Morgan fingerprint density at radius 2 is 1.88 bits per heavy atom. The van der Waals surface area contributed by atoms with E-state index in [4.69, 9.17) is 0 Å². The van der Waals surface area contributed by atoms with Crippen LogP contribution >= 0.6 is 23.5 Å². The number of nitrogens with one attached hydrogen (secondary N) is 2. The lowest BCUT2D eigenvalue weighted by atomic mass is 10.6. The Bertz CT molecular complexity index is 492. The zero-order chi connectivity index (χ0) is 11.7. The molecule has 0 amide bonds. The van der Waals surface area contributed by atoms with Crippen LogP contribution in [-0.2, 0) is 0 Å². The minimum Gasteiger partial charge on any atom is -0.301 e. The van der Waals surface area contributed by atoms with E-state index in [1.807, 2.05) is 0 Å². The van der Waals surface area contributed by atoms with Crippen LogP contribution in [0.2, 0.25) is 0 Å². The number of fused-ring (bicyclic) bond motifs is 1. The first-order chi connectivity index (χ1) is 7.65. The Hall–Kier alpha value is -0.660. The predicted molar refractivity (Wildman–Crippen MR) is 66.1 cm³/mol. The average Bonchev–Trinajstić information content (AvgIpc) is 2.63. The molecule has 0 radical (unpaired) electrons. The number of hydrogen-bond acceptors (Lipinski definition) is 5. The van der Waals surface area contributed by atoms with Gasteiger partial charge in [-0.25, -0.2) is 4.79 Å². The Morgan fingerprint density at radius 1 is 1.19 bits per heavy atom. The Labute approximate surface area is 101 Å². The molecule has 1 aromatic rings. The molecule has 1 aliphatic rings. The topological polar surface area (TPSA) is 69.0 Å². The van der Waals surface area contributed by atoms with Crippen molar-refractivity contribution in [3.05, 3.63) is 20.8 Å². The van der Waals surface area contributed by atoms with Crippen LogP contribution in [0.25, 0.3) is 0 Å². The highest BCUT2D eigenvalue weighted by molar-refractivity contribution is 8.19. The number of rotatable bonds is 3. The molecule has 0 aliphatic carbocycles. The minimum atomic E-state index is -0.433. The number of aromatic nitrogens is 2. The molecule has 5 nitrogen and oxygen atoms in total. The van der Waals surface area contributed by atoms with Gasteiger partial charge in [0.1, 0.15) is 9.60 Å². The van der Waals surface area contributed by atoms with E-state index in [1.165, 1.54) is 23.5 Å². The van der Waals surface area contributed by atoms with Gasteiger partial charge in [0.25, 0.3) is 5.56 Å². The minimum absolute atomic E-state index is 0.184. The van der Waals surface area contributed by atoms with E-state index in [9.17, 15) is 9.59 Å².